The van der Waals surface area contributed by atoms with Crippen LogP contribution in [-0.2, 0) is 10.8 Å². The van der Waals surface area contributed by atoms with Gasteiger partial charge in [-0.2, -0.15) is 0 Å². The van der Waals surface area contributed by atoms with Gasteiger partial charge in [0.05, 0.1) is 5.25 Å². The lowest BCUT2D eigenvalue weighted by molar-refractivity contribution is 0.245. The van der Waals surface area contributed by atoms with E-state index in [0.29, 0.717) is 11.3 Å². The van der Waals surface area contributed by atoms with Crippen molar-refractivity contribution in [3.05, 3.63) is 0 Å². The van der Waals surface area contributed by atoms with Crippen molar-refractivity contribution in [1.82, 2.24) is 5.32 Å². The molecular weight excluding hydrogens is 218 g/mol. The summed E-state index contributed by atoms with van der Waals surface area (Å²) in [5.74, 6) is 2.31. The normalized spacial score (nSPS) is 32.9. The highest BCUT2D eigenvalue weighted by molar-refractivity contribution is 7.85. The number of hydrogen-bond acceptors (Lipinski definition) is 2. The predicted octanol–water partition coefficient (Wildman–Crippen LogP) is 2.56. The molecular formula is C13H27NOS. The third-order valence-electron chi connectivity index (χ3n) is 3.86. The monoisotopic (exact) mass is 245 g/mol. The summed E-state index contributed by atoms with van der Waals surface area (Å²) in [7, 11) is -0.645. The molecule has 0 saturated heterocycles. The number of nitrogens with one attached hydrogen (secondary N) is 1. The summed E-state index contributed by atoms with van der Waals surface area (Å²) in [4.78, 5) is 0. The molecule has 0 aromatic rings. The molecule has 0 heterocycles. The quantitative estimate of drug-likeness (QED) is 0.806. The molecule has 4 unspecified atom stereocenters. The Kier molecular flexibility index (Phi) is 5.98. The van der Waals surface area contributed by atoms with E-state index in [1.54, 1.807) is 0 Å². The van der Waals surface area contributed by atoms with E-state index < -0.39 is 10.8 Å². The highest BCUT2D eigenvalue weighted by Crippen LogP contribution is 2.32. The third-order valence-corrected chi connectivity index (χ3v) is 5.63. The van der Waals surface area contributed by atoms with E-state index in [4.69, 9.17) is 0 Å². The minimum atomic E-state index is -0.645. The van der Waals surface area contributed by atoms with Crippen molar-refractivity contribution in [2.24, 2.45) is 11.8 Å². The second-order valence-corrected chi connectivity index (χ2v) is 7.13. The van der Waals surface area contributed by atoms with Crippen LogP contribution in [0.15, 0.2) is 0 Å². The second kappa shape index (κ2) is 6.75. The molecule has 0 bridgehead atoms. The molecule has 1 aliphatic rings. The Balaban J connectivity index is 2.65. The molecule has 1 rings (SSSR count). The van der Waals surface area contributed by atoms with Crippen LogP contribution in [0.2, 0.25) is 0 Å². The van der Waals surface area contributed by atoms with Crippen LogP contribution >= 0.6 is 0 Å². The molecule has 16 heavy (non-hydrogen) atoms. The van der Waals surface area contributed by atoms with Crippen LogP contribution in [0.3, 0.4) is 0 Å². The van der Waals surface area contributed by atoms with Gasteiger partial charge in [-0.3, -0.25) is 4.21 Å². The van der Waals surface area contributed by atoms with Crippen molar-refractivity contribution in [2.75, 3.05) is 12.3 Å². The Bertz CT molecular complexity index is 230. The minimum Gasteiger partial charge on any atom is -0.313 e. The summed E-state index contributed by atoms with van der Waals surface area (Å²) in [6, 6.07) is 0.487. The molecule has 3 heteroatoms. The average Bonchev–Trinajstić information content (AvgIpc) is 2.28. The molecule has 1 aliphatic carbocycles. The molecule has 1 N–H and O–H groups in total. The maximum atomic E-state index is 12.1. The smallest absolute Gasteiger partial charge is 0.0503 e. The molecule has 1 saturated carbocycles. The molecule has 0 aromatic carbocycles. The third kappa shape index (κ3) is 3.56. The van der Waals surface area contributed by atoms with Crippen molar-refractivity contribution < 1.29 is 4.21 Å². The van der Waals surface area contributed by atoms with E-state index in [9.17, 15) is 4.21 Å². The van der Waals surface area contributed by atoms with Crippen LogP contribution < -0.4 is 5.32 Å². The fourth-order valence-corrected chi connectivity index (χ4v) is 4.25. The minimum absolute atomic E-state index is 0.381. The van der Waals surface area contributed by atoms with Crippen LogP contribution in [0, 0.1) is 11.8 Å². The lowest BCUT2D eigenvalue weighted by atomic mass is 9.79. The van der Waals surface area contributed by atoms with Crippen molar-refractivity contribution in [1.29, 1.82) is 0 Å². The average molecular weight is 245 g/mol. The first-order valence-corrected chi connectivity index (χ1v) is 8.08. The topological polar surface area (TPSA) is 29.1 Å². The van der Waals surface area contributed by atoms with Crippen molar-refractivity contribution in [3.8, 4) is 0 Å². The predicted molar refractivity (Wildman–Crippen MR) is 72.1 cm³/mol. The van der Waals surface area contributed by atoms with E-state index >= 15 is 0 Å². The van der Waals surface area contributed by atoms with Gasteiger partial charge in [-0.1, -0.05) is 27.7 Å². The van der Waals surface area contributed by atoms with Crippen molar-refractivity contribution >= 4 is 10.8 Å². The molecule has 2 nitrogen and oxygen atoms in total. The largest absolute Gasteiger partial charge is 0.313 e. The van der Waals surface area contributed by atoms with Gasteiger partial charge >= 0.3 is 0 Å². The zero-order valence-electron chi connectivity index (χ0n) is 11.2. The van der Waals surface area contributed by atoms with Gasteiger partial charge in [0.25, 0.3) is 0 Å². The highest BCUT2D eigenvalue weighted by Gasteiger charge is 2.34. The Morgan fingerprint density at radius 1 is 1.31 bits per heavy atom. The van der Waals surface area contributed by atoms with Gasteiger partial charge in [0, 0.05) is 22.6 Å². The molecule has 0 amide bonds. The summed E-state index contributed by atoms with van der Waals surface area (Å²) in [5, 5.41) is 3.90. The van der Waals surface area contributed by atoms with Crippen molar-refractivity contribution in [3.63, 3.8) is 0 Å². The highest BCUT2D eigenvalue weighted by atomic mass is 32.2. The molecule has 0 aliphatic heterocycles. The number of hydrogen-bond donors (Lipinski definition) is 1. The fraction of sp³-hybridized carbons (Fsp3) is 1.00. The van der Waals surface area contributed by atoms with Gasteiger partial charge in [0.1, 0.15) is 0 Å². The fourth-order valence-electron chi connectivity index (χ4n) is 2.77. The van der Waals surface area contributed by atoms with E-state index in [2.05, 4.69) is 26.1 Å². The Morgan fingerprint density at radius 3 is 2.50 bits per heavy atom. The summed E-state index contributed by atoms with van der Waals surface area (Å²) < 4.78 is 12.1. The molecule has 0 radical (unpaired) electrons. The Hall–Kier alpha value is 0.110. The molecule has 0 spiro atoms. The first kappa shape index (κ1) is 14.2. The van der Waals surface area contributed by atoms with Crippen LogP contribution in [-0.4, -0.2) is 27.8 Å². The number of rotatable bonds is 5. The van der Waals surface area contributed by atoms with Gasteiger partial charge in [-0.05, 0) is 37.6 Å². The van der Waals surface area contributed by atoms with E-state index in [0.717, 1.165) is 30.6 Å². The molecule has 1 fully saturated rings. The maximum Gasteiger partial charge on any atom is 0.0503 e. The van der Waals surface area contributed by atoms with E-state index in [1.807, 2.05) is 6.92 Å². The maximum absolute atomic E-state index is 12.1. The first-order valence-electron chi connectivity index (χ1n) is 6.70. The second-order valence-electron chi connectivity index (χ2n) is 5.19. The zero-order valence-corrected chi connectivity index (χ0v) is 12.0. The van der Waals surface area contributed by atoms with Gasteiger partial charge < -0.3 is 5.32 Å². The van der Waals surface area contributed by atoms with Crippen LogP contribution in [0.5, 0.6) is 0 Å². The van der Waals surface area contributed by atoms with E-state index in [1.165, 1.54) is 12.8 Å². The molecule has 4 atom stereocenters. The van der Waals surface area contributed by atoms with Gasteiger partial charge in [0.2, 0.25) is 0 Å². The molecule has 96 valence electrons. The van der Waals surface area contributed by atoms with Crippen LogP contribution in [0.1, 0.15) is 47.0 Å². The van der Waals surface area contributed by atoms with Gasteiger partial charge in [-0.15, -0.1) is 0 Å². The van der Waals surface area contributed by atoms with Gasteiger partial charge in [-0.25, -0.2) is 0 Å². The van der Waals surface area contributed by atoms with Crippen LogP contribution in [0.4, 0.5) is 0 Å². The lowest BCUT2D eigenvalue weighted by Crippen LogP contribution is -2.47. The standard InChI is InChI=1S/C13H27NOS/c1-5-14-12-8-7-11(10(3)4)9-13(12)16(15)6-2/h10-14H,5-9H2,1-4H3. The molecule has 0 aromatic heterocycles. The Labute approximate surface area is 103 Å². The van der Waals surface area contributed by atoms with Crippen molar-refractivity contribution in [2.45, 2.75) is 58.2 Å². The van der Waals surface area contributed by atoms with Gasteiger partial charge in [0.15, 0.2) is 0 Å². The Morgan fingerprint density at radius 2 is 2.00 bits per heavy atom. The lowest BCUT2D eigenvalue weighted by Gasteiger charge is -2.37. The SMILES string of the molecule is CCNC1CCC(C(C)C)CC1S(=O)CC. The van der Waals surface area contributed by atoms with E-state index in [-0.39, 0.29) is 0 Å². The first-order chi connectivity index (χ1) is 7.60. The summed E-state index contributed by atoms with van der Waals surface area (Å²) in [5.41, 5.74) is 0. The van der Waals surface area contributed by atoms with Crippen LogP contribution in [0.25, 0.3) is 0 Å². The zero-order chi connectivity index (χ0) is 12.1. The summed E-state index contributed by atoms with van der Waals surface area (Å²) in [6.45, 7) is 9.77. The summed E-state index contributed by atoms with van der Waals surface area (Å²) >= 11 is 0. The summed E-state index contributed by atoms with van der Waals surface area (Å²) in [6.07, 6.45) is 3.65.